The SMILES string of the molecule is Cc1cnn(C2CCCN(c3nnc(Cc4ccc(Cl)cc4)s3)C2)c1. The van der Waals surface area contributed by atoms with Gasteiger partial charge in [-0.15, -0.1) is 10.2 Å². The van der Waals surface area contributed by atoms with Gasteiger partial charge in [-0.2, -0.15) is 5.10 Å². The molecule has 7 heteroatoms. The third-order valence-electron chi connectivity index (χ3n) is 4.50. The van der Waals surface area contributed by atoms with Crippen LogP contribution in [0.15, 0.2) is 36.7 Å². The molecule has 0 saturated carbocycles. The summed E-state index contributed by atoms with van der Waals surface area (Å²) in [4.78, 5) is 2.34. The van der Waals surface area contributed by atoms with Crippen molar-refractivity contribution in [1.82, 2.24) is 20.0 Å². The van der Waals surface area contributed by atoms with Crippen LogP contribution in [-0.4, -0.2) is 33.1 Å². The largest absolute Gasteiger partial charge is 0.345 e. The van der Waals surface area contributed by atoms with Crippen LogP contribution in [0.3, 0.4) is 0 Å². The maximum absolute atomic E-state index is 5.95. The van der Waals surface area contributed by atoms with E-state index in [-0.39, 0.29) is 0 Å². The zero-order valence-corrected chi connectivity index (χ0v) is 15.7. The Balaban J connectivity index is 1.45. The summed E-state index contributed by atoms with van der Waals surface area (Å²) in [5.74, 6) is 0. The minimum absolute atomic E-state index is 0.408. The van der Waals surface area contributed by atoms with E-state index in [4.69, 9.17) is 11.6 Å². The smallest absolute Gasteiger partial charge is 0.208 e. The number of rotatable bonds is 4. The van der Waals surface area contributed by atoms with Crippen LogP contribution in [-0.2, 0) is 6.42 Å². The van der Waals surface area contributed by atoms with E-state index in [0.29, 0.717) is 6.04 Å². The molecule has 0 aliphatic carbocycles. The molecule has 1 fully saturated rings. The van der Waals surface area contributed by atoms with Gasteiger partial charge in [0.1, 0.15) is 5.01 Å². The molecule has 130 valence electrons. The van der Waals surface area contributed by atoms with E-state index in [2.05, 4.69) is 38.0 Å². The lowest BCUT2D eigenvalue weighted by Crippen LogP contribution is -2.36. The predicted molar refractivity (Wildman–Crippen MR) is 102 cm³/mol. The maximum atomic E-state index is 5.95. The fourth-order valence-electron chi connectivity index (χ4n) is 3.20. The third-order valence-corrected chi connectivity index (χ3v) is 5.73. The van der Waals surface area contributed by atoms with Gasteiger partial charge in [0, 0.05) is 30.7 Å². The second-order valence-electron chi connectivity index (χ2n) is 6.52. The summed E-state index contributed by atoms with van der Waals surface area (Å²) in [6, 6.07) is 8.33. The van der Waals surface area contributed by atoms with E-state index in [9.17, 15) is 0 Å². The summed E-state index contributed by atoms with van der Waals surface area (Å²) in [7, 11) is 0. The minimum Gasteiger partial charge on any atom is -0.345 e. The Morgan fingerprint density at radius 2 is 2.08 bits per heavy atom. The summed E-state index contributed by atoms with van der Waals surface area (Å²) >= 11 is 7.63. The van der Waals surface area contributed by atoms with Crippen molar-refractivity contribution in [3.63, 3.8) is 0 Å². The quantitative estimate of drug-likeness (QED) is 0.689. The molecular formula is C18H20ClN5S. The number of piperidine rings is 1. The Labute approximate surface area is 156 Å². The molecule has 5 nitrogen and oxygen atoms in total. The molecule has 0 radical (unpaired) electrons. The van der Waals surface area contributed by atoms with Gasteiger partial charge in [-0.1, -0.05) is 35.1 Å². The van der Waals surface area contributed by atoms with E-state index in [0.717, 1.165) is 47.5 Å². The fourth-order valence-corrected chi connectivity index (χ4v) is 4.23. The van der Waals surface area contributed by atoms with Crippen LogP contribution in [0.4, 0.5) is 5.13 Å². The van der Waals surface area contributed by atoms with Crippen LogP contribution in [0.25, 0.3) is 0 Å². The lowest BCUT2D eigenvalue weighted by Gasteiger charge is -2.32. The van der Waals surface area contributed by atoms with Crippen molar-refractivity contribution >= 4 is 28.1 Å². The van der Waals surface area contributed by atoms with Crippen LogP contribution < -0.4 is 4.90 Å². The number of anilines is 1. The van der Waals surface area contributed by atoms with E-state index in [1.807, 2.05) is 30.5 Å². The van der Waals surface area contributed by atoms with Crippen LogP contribution in [0, 0.1) is 6.92 Å². The van der Waals surface area contributed by atoms with Crippen LogP contribution in [0.1, 0.15) is 35.0 Å². The Kier molecular flexibility index (Phi) is 4.72. The highest BCUT2D eigenvalue weighted by atomic mass is 35.5. The van der Waals surface area contributed by atoms with E-state index < -0.39 is 0 Å². The highest BCUT2D eigenvalue weighted by Crippen LogP contribution is 2.29. The number of hydrogen-bond donors (Lipinski definition) is 0. The monoisotopic (exact) mass is 373 g/mol. The Bertz CT molecular complexity index is 841. The molecule has 4 rings (SSSR count). The molecule has 0 bridgehead atoms. The number of nitrogens with zero attached hydrogens (tertiary/aromatic N) is 5. The van der Waals surface area contributed by atoms with Crippen molar-refractivity contribution < 1.29 is 0 Å². The van der Waals surface area contributed by atoms with Crippen molar-refractivity contribution in [2.24, 2.45) is 0 Å². The number of hydrogen-bond acceptors (Lipinski definition) is 5. The first-order chi connectivity index (χ1) is 12.2. The highest BCUT2D eigenvalue weighted by Gasteiger charge is 2.24. The van der Waals surface area contributed by atoms with Crippen molar-refractivity contribution in [3.8, 4) is 0 Å². The highest BCUT2D eigenvalue weighted by molar-refractivity contribution is 7.15. The number of aromatic nitrogens is 4. The zero-order valence-electron chi connectivity index (χ0n) is 14.1. The summed E-state index contributed by atoms with van der Waals surface area (Å²) in [5, 5.41) is 16.1. The van der Waals surface area contributed by atoms with Gasteiger partial charge < -0.3 is 4.90 Å². The van der Waals surface area contributed by atoms with E-state index in [1.54, 1.807) is 11.3 Å². The fraction of sp³-hybridized carbons (Fsp3) is 0.389. The molecule has 25 heavy (non-hydrogen) atoms. The molecule has 1 aromatic carbocycles. The van der Waals surface area contributed by atoms with Crippen LogP contribution >= 0.6 is 22.9 Å². The van der Waals surface area contributed by atoms with Gasteiger partial charge in [0.25, 0.3) is 0 Å². The number of aryl methyl sites for hydroxylation is 1. The summed E-state index contributed by atoms with van der Waals surface area (Å²) in [6.45, 7) is 4.06. The van der Waals surface area contributed by atoms with Crippen LogP contribution in [0.5, 0.6) is 0 Å². The molecular weight excluding hydrogens is 354 g/mol. The molecule has 2 aromatic heterocycles. The van der Waals surface area contributed by atoms with Gasteiger partial charge in [-0.05, 0) is 43.0 Å². The van der Waals surface area contributed by atoms with Gasteiger partial charge in [0.2, 0.25) is 5.13 Å². The Hall–Kier alpha value is -1.92. The first kappa shape index (κ1) is 16.5. The lowest BCUT2D eigenvalue weighted by molar-refractivity contribution is 0.375. The minimum atomic E-state index is 0.408. The normalized spacial score (nSPS) is 17.8. The summed E-state index contributed by atoms with van der Waals surface area (Å²) < 4.78 is 2.09. The lowest BCUT2D eigenvalue weighted by atomic mass is 10.1. The van der Waals surface area contributed by atoms with E-state index in [1.165, 1.54) is 11.1 Å². The van der Waals surface area contributed by atoms with Gasteiger partial charge in [0.15, 0.2) is 0 Å². The van der Waals surface area contributed by atoms with Crippen molar-refractivity contribution in [2.75, 3.05) is 18.0 Å². The number of benzene rings is 1. The standard InChI is InChI=1S/C18H20ClN5S/c1-13-10-20-24(11-13)16-3-2-8-23(12-16)18-22-21-17(25-18)9-14-4-6-15(19)7-5-14/h4-7,10-11,16H,2-3,8-9,12H2,1H3. The second-order valence-corrected chi connectivity index (χ2v) is 8.00. The zero-order chi connectivity index (χ0) is 17.2. The van der Waals surface area contributed by atoms with Crippen molar-refractivity contribution in [3.05, 3.63) is 57.8 Å². The molecule has 1 aliphatic rings. The van der Waals surface area contributed by atoms with E-state index >= 15 is 0 Å². The number of halogens is 1. The van der Waals surface area contributed by atoms with Crippen molar-refractivity contribution in [1.29, 1.82) is 0 Å². The van der Waals surface area contributed by atoms with Gasteiger partial charge in [-0.25, -0.2) is 0 Å². The molecule has 1 atom stereocenters. The molecule has 3 aromatic rings. The molecule has 1 aliphatic heterocycles. The molecule has 1 saturated heterocycles. The predicted octanol–water partition coefficient (Wildman–Crippen LogP) is 4.13. The summed E-state index contributed by atoms with van der Waals surface area (Å²) in [6.07, 6.45) is 7.16. The molecule has 0 amide bonds. The second kappa shape index (κ2) is 7.14. The first-order valence-electron chi connectivity index (χ1n) is 8.50. The van der Waals surface area contributed by atoms with Gasteiger partial charge in [0.05, 0.1) is 12.2 Å². The first-order valence-corrected chi connectivity index (χ1v) is 9.69. The average Bonchev–Trinajstić information content (AvgIpc) is 3.26. The topological polar surface area (TPSA) is 46.8 Å². The Morgan fingerprint density at radius 1 is 1.24 bits per heavy atom. The molecule has 3 heterocycles. The third kappa shape index (κ3) is 3.85. The van der Waals surface area contributed by atoms with Gasteiger partial charge in [-0.3, -0.25) is 4.68 Å². The maximum Gasteiger partial charge on any atom is 0.208 e. The van der Waals surface area contributed by atoms with Gasteiger partial charge >= 0.3 is 0 Å². The Morgan fingerprint density at radius 3 is 2.84 bits per heavy atom. The average molecular weight is 374 g/mol. The molecule has 0 N–H and O–H groups in total. The van der Waals surface area contributed by atoms with Crippen LogP contribution in [0.2, 0.25) is 5.02 Å². The molecule has 1 unspecified atom stereocenters. The summed E-state index contributed by atoms with van der Waals surface area (Å²) in [5.41, 5.74) is 2.41. The molecule has 0 spiro atoms. The van der Waals surface area contributed by atoms with Crippen molar-refractivity contribution in [2.45, 2.75) is 32.2 Å².